The van der Waals surface area contributed by atoms with Gasteiger partial charge in [-0.15, -0.1) is 0 Å². The van der Waals surface area contributed by atoms with Crippen LogP contribution in [-0.2, 0) is 9.59 Å². The number of hydrogen-bond acceptors (Lipinski definition) is 4. The highest BCUT2D eigenvalue weighted by atomic mass is 16.4. The van der Waals surface area contributed by atoms with Crippen LogP contribution in [0.15, 0.2) is 0 Å². The third-order valence-electron chi connectivity index (χ3n) is 4.07. The van der Waals surface area contributed by atoms with E-state index in [9.17, 15) is 19.8 Å². The van der Waals surface area contributed by atoms with Crippen LogP contribution in [0.4, 0.5) is 0 Å². The molecule has 1 aliphatic carbocycles. The van der Waals surface area contributed by atoms with Gasteiger partial charge < -0.3 is 19.8 Å². The summed E-state index contributed by atoms with van der Waals surface area (Å²) in [6.07, 6.45) is 3.75. The number of aliphatic carboxylic acids is 2. The van der Waals surface area contributed by atoms with Crippen molar-refractivity contribution in [2.24, 2.45) is 17.3 Å². The van der Waals surface area contributed by atoms with Gasteiger partial charge in [0.25, 0.3) is 0 Å². The minimum Gasteiger partial charge on any atom is -0.550 e. The first-order valence-electron chi connectivity index (χ1n) is 6.25. The molecule has 0 spiro atoms. The Balaban J connectivity index is 2.16. The van der Waals surface area contributed by atoms with E-state index in [0.29, 0.717) is 12.3 Å². The number of hydrogen-bond donors (Lipinski definition) is 0. The van der Waals surface area contributed by atoms with Crippen LogP contribution in [0, 0.1) is 17.3 Å². The van der Waals surface area contributed by atoms with Gasteiger partial charge in [0, 0.05) is 11.9 Å². The fourth-order valence-electron chi connectivity index (χ4n) is 2.83. The van der Waals surface area contributed by atoms with E-state index in [2.05, 4.69) is 13.8 Å². The van der Waals surface area contributed by atoms with Crippen molar-refractivity contribution in [3.8, 4) is 0 Å². The van der Waals surface area contributed by atoms with E-state index >= 15 is 0 Å². The first-order valence-corrected chi connectivity index (χ1v) is 6.25. The third-order valence-corrected chi connectivity index (χ3v) is 4.07. The molecule has 4 nitrogen and oxygen atoms in total. The maximum atomic E-state index is 10.6. The molecular formula is C13H20O4-2. The van der Waals surface area contributed by atoms with Gasteiger partial charge in [-0.25, -0.2) is 0 Å². The summed E-state index contributed by atoms with van der Waals surface area (Å²) in [4.78, 5) is 20.8. The Labute approximate surface area is 102 Å². The zero-order valence-electron chi connectivity index (χ0n) is 10.5. The van der Waals surface area contributed by atoms with Crippen LogP contribution in [0.3, 0.4) is 0 Å². The van der Waals surface area contributed by atoms with Gasteiger partial charge in [-0.2, -0.15) is 0 Å². The summed E-state index contributed by atoms with van der Waals surface area (Å²) >= 11 is 0. The molecule has 0 heterocycles. The molecule has 17 heavy (non-hydrogen) atoms. The molecule has 2 unspecified atom stereocenters. The Kier molecular flexibility index (Phi) is 4.54. The van der Waals surface area contributed by atoms with Crippen LogP contribution in [0.2, 0.25) is 0 Å². The number of carboxylic acids is 2. The predicted octanol–water partition coefficient (Wildman–Crippen LogP) is 0.0990. The van der Waals surface area contributed by atoms with Crippen LogP contribution >= 0.6 is 0 Å². The normalized spacial score (nSPS) is 25.5. The van der Waals surface area contributed by atoms with Crippen LogP contribution < -0.4 is 10.2 Å². The summed E-state index contributed by atoms with van der Waals surface area (Å²) in [6.45, 7) is 4.18. The predicted molar refractivity (Wildman–Crippen MR) is 58.5 cm³/mol. The average molecular weight is 240 g/mol. The van der Waals surface area contributed by atoms with E-state index in [4.69, 9.17) is 0 Å². The number of unbranched alkanes of at least 4 members (excludes halogenated alkanes) is 2. The highest BCUT2D eigenvalue weighted by Gasteiger charge is 2.55. The molecule has 0 saturated heterocycles. The van der Waals surface area contributed by atoms with Crippen LogP contribution in [0.25, 0.3) is 0 Å². The maximum absolute atomic E-state index is 10.6. The molecule has 0 aromatic carbocycles. The molecule has 0 N–H and O–H groups in total. The van der Waals surface area contributed by atoms with Gasteiger partial charge in [0.05, 0.1) is 0 Å². The molecule has 4 heteroatoms. The Hall–Kier alpha value is -1.06. The van der Waals surface area contributed by atoms with Gasteiger partial charge in [-0.05, 0) is 42.9 Å². The molecule has 0 amide bonds. The van der Waals surface area contributed by atoms with Crippen LogP contribution in [-0.4, -0.2) is 11.9 Å². The Bertz CT molecular complexity index is 296. The van der Waals surface area contributed by atoms with Crippen molar-refractivity contribution in [2.75, 3.05) is 0 Å². The number of carboxylic acid groups (broad SMARTS) is 2. The molecule has 1 fully saturated rings. The van der Waals surface area contributed by atoms with Crippen molar-refractivity contribution >= 4 is 11.9 Å². The molecule has 0 bridgehead atoms. The zero-order chi connectivity index (χ0) is 13.1. The first kappa shape index (κ1) is 14.0. The minimum absolute atomic E-state index is 0.106. The van der Waals surface area contributed by atoms with E-state index in [1.807, 2.05) is 0 Å². The molecule has 1 aliphatic rings. The highest BCUT2D eigenvalue weighted by molar-refractivity contribution is 5.65. The first-order chi connectivity index (χ1) is 7.85. The molecule has 0 aliphatic heterocycles. The second-order valence-electron chi connectivity index (χ2n) is 5.58. The van der Waals surface area contributed by atoms with E-state index in [1.54, 1.807) is 0 Å². The van der Waals surface area contributed by atoms with Gasteiger partial charge in [0.15, 0.2) is 0 Å². The van der Waals surface area contributed by atoms with Crippen LogP contribution in [0.5, 0.6) is 0 Å². The second-order valence-corrected chi connectivity index (χ2v) is 5.58. The van der Waals surface area contributed by atoms with Crippen molar-refractivity contribution in [1.82, 2.24) is 0 Å². The monoisotopic (exact) mass is 240 g/mol. The van der Waals surface area contributed by atoms with Gasteiger partial charge in [0.2, 0.25) is 0 Å². The van der Waals surface area contributed by atoms with E-state index in [0.717, 1.165) is 19.3 Å². The third kappa shape index (κ3) is 4.02. The average Bonchev–Trinajstić information content (AvgIpc) is 2.67. The van der Waals surface area contributed by atoms with E-state index in [-0.39, 0.29) is 24.2 Å². The quantitative estimate of drug-likeness (QED) is 0.563. The smallest absolute Gasteiger partial charge is 0.0417 e. The Morgan fingerprint density at radius 2 is 1.65 bits per heavy atom. The summed E-state index contributed by atoms with van der Waals surface area (Å²) in [5, 5.41) is 20.8. The lowest BCUT2D eigenvalue weighted by atomic mass is 10.0. The lowest BCUT2D eigenvalue weighted by Crippen LogP contribution is -2.23. The molecule has 98 valence electrons. The molecule has 0 aromatic rings. The number of rotatable bonds is 8. The summed E-state index contributed by atoms with van der Waals surface area (Å²) in [5.74, 6) is -1.29. The van der Waals surface area contributed by atoms with Crippen molar-refractivity contribution in [2.45, 2.75) is 52.4 Å². The van der Waals surface area contributed by atoms with Gasteiger partial charge in [-0.3, -0.25) is 0 Å². The molecule has 2 atom stereocenters. The number of carbonyl (C=O) groups is 2. The zero-order valence-corrected chi connectivity index (χ0v) is 10.5. The summed E-state index contributed by atoms with van der Waals surface area (Å²) in [5.41, 5.74) is 0.106. The highest BCUT2D eigenvalue weighted by Crippen LogP contribution is 2.61. The van der Waals surface area contributed by atoms with E-state index in [1.165, 1.54) is 0 Å². The van der Waals surface area contributed by atoms with Gasteiger partial charge in [0.1, 0.15) is 0 Å². The van der Waals surface area contributed by atoms with Crippen molar-refractivity contribution in [3.63, 3.8) is 0 Å². The molecular weight excluding hydrogens is 220 g/mol. The summed E-state index contributed by atoms with van der Waals surface area (Å²) in [6, 6.07) is 0. The molecule has 0 aromatic heterocycles. The minimum atomic E-state index is -0.994. The summed E-state index contributed by atoms with van der Waals surface area (Å²) in [7, 11) is 0. The van der Waals surface area contributed by atoms with Crippen molar-refractivity contribution < 1.29 is 19.8 Å². The SMILES string of the molecule is CC1(C)C(CCCCCC(=O)[O-])C1CC(=O)[O-]. The van der Waals surface area contributed by atoms with Gasteiger partial charge in [-0.1, -0.05) is 26.7 Å². The maximum Gasteiger partial charge on any atom is 0.0417 e. The Morgan fingerprint density at radius 1 is 1.00 bits per heavy atom. The topological polar surface area (TPSA) is 80.3 Å². The Morgan fingerprint density at radius 3 is 2.18 bits per heavy atom. The second kappa shape index (κ2) is 5.52. The molecule has 1 rings (SSSR count). The van der Waals surface area contributed by atoms with Crippen molar-refractivity contribution in [3.05, 3.63) is 0 Å². The van der Waals surface area contributed by atoms with Gasteiger partial charge >= 0.3 is 0 Å². The molecule has 0 radical (unpaired) electrons. The lowest BCUT2D eigenvalue weighted by molar-refractivity contribution is -0.307. The number of carbonyl (C=O) groups excluding carboxylic acids is 2. The fourth-order valence-corrected chi connectivity index (χ4v) is 2.83. The van der Waals surface area contributed by atoms with Crippen LogP contribution in [0.1, 0.15) is 52.4 Å². The lowest BCUT2D eigenvalue weighted by Gasteiger charge is -2.03. The summed E-state index contributed by atoms with van der Waals surface area (Å²) < 4.78 is 0. The van der Waals surface area contributed by atoms with Crippen molar-refractivity contribution in [1.29, 1.82) is 0 Å². The largest absolute Gasteiger partial charge is 0.550 e. The fraction of sp³-hybridized carbons (Fsp3) is 0.846. The molecule has 1 saturated carbocycles. The standard InChI is InChI=1S/C13H22O4/c1-13(2)9(10(13)8-12(16)17)6-4-3-5-7-11(14)15/h9-10H,3-8H2,1-2H3,(H,14,15)(H,16,17)/p-2. The van der Waals surface area contributed by atoms with E-state index < -0.39 is 11.9 Å².